The molecule has 3 aromatic rings. The summed E-state index contributed by atoms with van der Waals surface area (Å²) < 4.78 is 2.71. The number of rotatable bonds is 7. The lowest BCUT2D eigenvalue weighted by Gasteiger charge is -2.15. The van der Waals surface area contributed by atoms with Crippen LogP contribution in [0, 0.1) is 0 Å². The van der Waals surface area contributed by atoms with Crippen molar-refractivity contribution in [3.8, 4) is 11.3 Å². The molecule has 3 heterocycles. The molecule has 1 aliphatic rings. The zero-order valence-corrected chi connectivity index (χ0v) is 17.5. The molecular formula is C20H23BrClN5. The number of likely N-dealkylation sites (tertiary alicyclic amines) is 1. The molecule has 0 spiro atoms. The van der Waals surface area contributed by atoms with Gasteiger partial charge in [0, 0.05) is 23.2 Å². The minimum atomic E-state index is 0.696. The van der Waals surface area contributed by atoms with Crippen molar-refractivity contribution in [1.82, 2.24) is 19.5 Å². The van der Waals surface area contributed by atoms with Crippen LogP contribution in [0.5, 0.6) is 0 Å². The summed E-state index contributed by atoms with van der Waals surface area (Å²) >= 11 is 9.93. The number of nitrogens with one attached hydrogen (secondary N) is 1. The highest BCUT2D eigenvalue weighted by Gasteiger charge is 2.13. The van der Waals surface area contributed by atoms with Gasteiger partial charge in [-0.25, -0.2) is 4.98 Å². The summed E-state index contributed by atoms with van der Waals surface area (Å²) in [7, 11) is 0. The van der Waals surface area contributed by atoms with Gasteiger partial charge in [-0.05, 0) is 67.3 Å². The Morgan fingerprint density at radius 1 is 1.15 bits per heavy atom. The molecule has 0 atom stereocenters. The lowest BCUT2D eigenvalue weighted by molar-refractivity contribution is 0.331. The van der Waals surface area contributed by atoms with Crippen LogP contribution in [0.15, 0.2) is 41.0 Å². The number of hydrogen-bond donors (Lipinski definition) is 1. The van der Waals surface area contributed by atoms with E-state index >= 15 is 0 Å². The summed E-state index contributed by atoms with van der Waals surface area (Å²) in [6.45, 7) is 4.64. The summed E-state index contributed by atoms with van der Waals surface area (Å²) in [6, 6.07) is 9.81. The van der Waals surface area contributed by atoms with Gasteiger partial charge in [-0.3, -0.25) is 0 Å². The summed E-state index contributed by atoms with van der Waals surface area (Å²) in [6.07, 6.45) is 6.82. The van der Waals surface area contributed by atoms with E-state index in [1.807, 2.05) is 34.8 Å². The first-order chi connectivity index (χ1) is 13.2. The van der Waals surface area contributed by atoms with E-state index in [-0.39, 0.29) is 0 Å². The molecule has 142 valence electrons. The van der Waals surface area contributed by atoms with Gasteiger partial charge >= 0.3 is 0 Å². The van der Waals surface area contributed by atoms with E-state index < -0.39 is 0 Å². The van der Waals surface area contributed by atoms with Crippen molar-refractivity contribution >= 4 is 39.0 Å². The third-order valence-electron chi connectivity index (χ3n) is 4.98. The lowest BCUT2D eigenvalue weighted by atomic mass is 10.1. The van der Waals surface area contributed by atoms with Crippen LogP contribution in [0.2, 0.25) is 5.02 Å². The molecule has 1 fully saturated rings. The van der Waals surface area contributed by atoms with Gasteiger partial charge in [0.05, 0.1) is 16.4 Å². The molecule has 7 heteroatoms. The molecule has 2 aromatic heterocycles. The maximum atomic E-state index is 6.38. The van der Waals surface area contributed by atoms with E-state index in [1.54, 1.807) is 6.20 Å². The fraction of sp³-hybridized carbons (Fsp3) is 0.400. The molecule has 1 saturated heterocycles. The Kier molecular flexibility index (Phi) is 5.95. The first-order valence-electron chi connectivity index (χ1n) is 9.48. The predicted octanol–water partition coefficient (Wildman–Crippen LogP) is 5.10. The lowest BCUT2D eigenvalue weighted by Crippen LogP contribution is -2.21. The molecule has 0 bridgehead atoms. The molecule has 1 aromatic carbocycles. The number of anilines is 1. The van der Waals surface area contributed by atoms with Gasteiger partial charge in [0.15, 0.2) is 5.65 Å². The molecule has 0 saturated carbocycles. The first kappa shape index (κ1) is 18.7. The fourth-order valence-corrected chi connectivity index (χ4v) is 4.13. The van der Waals surface area contributed by atoms with Crippen molar-refractivity contribution in [2.45, 2.75) is 25.7 Å². The quantitative estimate of drug-likeness (QED) is 0.511. The number of fused-ring (bicyclic) bond motifs is 1. The highest BCUT2D eigenvalue weighted by Crippen LogP contribution is 2.30. The van der Waals surface area contributed by atoms with Crippen LogP contribution >= 0.6 is 27.5 Å². The molecular weight excluding hydrogens is 426 g/mol. The van der Waals surface area contributed by atoms with Crippen LogP contribution in [0.4, 0.5) is 5.82 Å². The zero-order valence-electron chi connectivity index (χ0n) is 15.2. The maximum absolute atomic E-state index is 6.38. The smallest absolute Gasteiger partial charge is 0.172 e. The predicted molar refractivity (Wildman–Crippen MR) is 115 cm³/mol. The first-order valence-corrected chi connectivity index (χ1v) is 10.6. The number of nitrogens with zero attached hydrogens (tertiary/aromatic N) is 4. The monoisotopic (exact) mass is 447 g/mol. The van der Waals surface area contributed by atoms with Gasteiger partial charge in [0.1, 0.15) is 5.82 Å². The second-order valence-electron chi connectivity index (χ2n) is 6.92. The van der Waals surface area contributed by atoms with E-state index in [2.05, 4.69) is 31.2 Å². The van der Waals surface area contributed by atoms with Gasteiger partial charge in [-0.15, -0.1) is 0 Å². The van der Waals surface area contributed by atoms with Gasteiger partial charge in [0.25, 0.3) is 0 Å². The van der Waals surface area contributed by atoms with Crippen molar-refractivity contribution in [3.05, 3.63) is 46.0 Å². The summed E-state index contributed by atoms with van der Waals surface area (Å²) in [5.74, 6) is 0.932. The standard InChI is InChI=1S/C20H23BrClN5/c21-16-14-24-27-19(23-9-3-4-10-26-11-5-6-12-26)13-18(25-20(16)27)15-7-1-2-8-17(15)22/h1-2,7-8,13-14,23H,3-6,9-12H2. The van der Waals surface area contributed by atoms with Crippen molar-refractivity contribution in [2.75, 3.05) is 31.5 Å². The number of halogens is 2. The van der Waals surface area contributed by atoms with Crippen LogP contribution in [0.3, 0.4) is 0 Å². The van der Waals surface area contributed by atoms with Crippen LogP contribution in [-0.4, -0.2) is 45.7 Å². The Balaban J connectivity index is 1.50. The Hall–Kier alpha value is -1.63. The van der Waals surface area contributed by atoms with Crippen molar-refractivity contribution in [2.24, 2.45) is 0 Å². The number of benzene rings is 1. The van der Waals surface area contributed by atoms with E-state index in [0.29, 0.717) is 5.02 Å². The summed E-state index contributed by atoms with van der Waals surface area (Å²) in [5.41, 5.74) is 2.55. The second-order valence-corrected chi connectivity index (χ2v) is 8.18. The van der Waals surface area contributed by atoms with E-state index in [0.717, 1.165) is 40.2 Å². The number of unbranched alkanes of at least 4 members (excludes halogenated alkanes) is 1. The molecule has 0 amide bonds. The Bertz CT molecular complexity index is 920. The van der Waals surface area contributed by atoms with Gasteiger partial charge < -0.3 is 10.2 Å². The highest BCUT2D eigenvalue weighted by atomic mass is 79.9. The minimum absolute atomic E-state index is 0.696. The molecule has 0 aliphatic carbocycles. The zero-order chi connectivity index (χ0) is 18.6. The van der Waals surface area contributed by atoms with Crippen molar-refractivity contribution in [3.63, 3.8) is 0 Å². The molecule has 1 aliphatic heterocycles. The number of aromatic nitrogens is 3. The molecule has 5 nitrogen and oxygen atoms in total. The Morgan fingerprint density at radius 3 is 2.78 bits per heavy atom. The molecule has 0 radical (unpaired) electrons. The third-order valence-corrected chi connectivity index (χ3v) is 5.87. The fourth-order valence-electron chi connectivity index (χ4n) is 3.55. The number of hydrogen-bond acceptors (Lipinski definition) is 4. The Morgan fingerprint density at radius 2 is 1.96 bits per heavy atom. The minimum Gasteiger partial charge on any atom is -0.370 e. The Labute approximate surface area is 172 Å². The molecule has 4 rings (SSSR count). The maximum Gasteiger partial charge on any atom is 0.172 e. The average Bonchev–Trinajstić information content (AvgIpc) is 3.32. The van der Waals surface area contributed by atoms with Crippen molar-refractivity contribution in [1.29, 1.82) is 0 Å². The topological polar surface area (TPSA) is 45.5 Å². The highest BCUT2D eigenvalue weighted by molar-refractivity contribution is 9.10. The van der Waals surface area contributed by atoms with Gasteiger partial charge in [-0.1, -0.05) is 29.8 Å². The summed E-state index contributed by atoms with van der Waals surface area (Å²) in [4.78, 5) is 7.31. The molecule has 1 N–H and O–H groups in total. The molecule has 0 unspecified atom stereocenters. The second kappa shape index (κ2) is 8.59. The van der Waals surface area contributed by atoms with Gasteiger partial charge in [0.2, 0.25) is 0 Å². The average molecular weight is 449 g/mol. The van der Waals surface area contributed by atoms with Gasteiger partial charge in [-0.2, -0.15) is 9.61 Å². The normalized spacial score (nSPS) is 14.9. The van der Waals surface area contributed by atoms with Crippen LogP contribution < -0.4 is 5.32 Å². The molecule has 27 heavy (non-hydrogen) atoms. The third kappa shape index (κ3) is 4.28. The SMILES string of the molecule is Clc1ccccc1-c1cc(NCCCCN2CCCC2)n2ncc(Br)c2n1. The summed E-state index contributed by atoms with van der Waals surface area (Å²) in [5, 5.41) is 8.67. The van der Waals surface area contributed by atoms with E-state index in [9.17, 15) is 0 Å². The van der Waals surface area contributed by atoms with Crippen LogP contribution in [0.1, 0.15) is 25.7 Å². The van der Waals surface area contributed by atoms with Crippen molar-refractivity contribution < 1.29 is 0 Å². The van der Waals surface area contributed by atoms with E-state index in [1.165, 1.54) is 38.9 Å². The van der Waals surface area contributed by atoms with E-state index in [4.69, 9.17) is 16.6 Å². The van der Waals surface area contributed by atoms with Crippen LogP contribution in [-0.2, 0) is 0 Å². The van der Waals surface area contributed by atoms with Crippen LogP contribution in [0.25, 0.3) is 16.9 Å². The largest absolute Gasteiger partial charge is 0.370 e.